The van der Waals surface area contributed by atoms with Gasteiger partial charge in [0, 0.05) is 5.56 Å². The molecule has 1 aromatic carbocycles. The third-order valence-corrected chi connectivity index (χ3v) is 12.5. The Hall–Kier alpha value is -1.51. The van der Waals surface area contributed by atoms with E-state index in [1.54, 1.807) is 0 Å². The Balaban J connectivity index is 1.13. The van der Waals surface area contributed by atoms with Crippen LogP contribution in [-0.2, 0) is 11.2 Å². The molecule has 4 aliphatic carbocycles. The van der Waals surface area contributed by atoms with Crippen molar-refractivity contribution >= 4 is 5.97 Å². The van der Waals surface area contributed by atoms with Gasteiger partial charge in [-0.3, -0.25) is 4.79 Å². The summed E-state index contributed by atoms with van der Waals surface area (Å²) in [5, 5.41) is 0. The van der Waals surface area contributed by atoms with Gasteiger partial charge in [0.25, 0.3) is 0 Å². The van der Waals surface area contributed by atoms with Crippen LogP contribution in [0.4, 0.5) is 0 Å². The van der Waals surface area contributed by atoms with Crippen LogP contribution in [0.5, 0.6) is 11.5 Å². The SMILES string of the molecule is Cc1c(C)c2c(c(C)c1OC(=O)C13CC4CC(CC(C4)C1)C3)CCC(C)(CCCC(C)CCCC(C)CCCC(C)C)O2. The molecule has 3 nitrogen and oxygen atoms in total. The Morgan fingerprint density at radius 2 is 1.33 bits per heavy atom. The lowest BCUT2D eigenvalue weighted by molar-refractivity contribution is -0.161. The van der Waals surface area contributed by atoms with Gasteiger partial charge in [0.1, 0.15) is 17.1 Å². The highest BCUT2D eigenvalue weighted by atomic mass is 16.5. The second kappa shape index (κ2) is 13.5. The average molecular weight is 593 g/mol. The maximum Gasteiger partial charge on any atom is 0.317 e. The Kier molecular flexibility index (Phi) is 10.3. The Morgan fingerprint density at radius 3 is 1.88 bits per heavy atom. The Morgan fingerprint density at radius 1 is 0.791 bits per heavy atom. The molecule has 0 radical (unpaired) electrons. The summed E-state index contributed by atoms with van der Waals surface area (Å²) in [4.78, 5) is 13.8. The summed E-state index contributed by atoms with van der Waals surface area (Å²) in [7, 11) is 0. The van der Waals surface area contributed by atoms with E-state index in [2.05, 4.69) is 55.4 Å². The molecule has 242 valence electrons. The molecular formula is C40H64O3. The van der Waals surface area contributed by atoms with Crippen molar-refractivity contribution in [2.45, 2.75) is 170 Å². The van der Waals surface area contributed by atoms with Gasteiger partial charge in [-0.05, 0) is 144 Å². The number of fused-ring (bicyclic) bond motifs is 1. The van der Waals surface area contributed by atoms with Crippen LogP contribution in [0.1, 0.15) is 160 Å². The summed E-state index contributed by atoms with van der Waals surface area (Å²) in [6, 6.07) is 0. The van der Waals surface area contributed by atoms with Crippen molar-refractivity contribution in [2.24, 2.45) is 40.9 Å². The van der Waals surface area contributed by atoms with E-state index in [1.165, 1.54) is 76.2 Å². The molecule has 0 aromatic heterocycles. The largest absolute Gasteiger partial charge is 0.487 e. The quantitative estimate of drug-likeness (QED) is 0.159. The lowest BCUT2D eigenvalue weighted by Gasteiger charge is -2.55. The van der Waals surface area contributed by atoms with Gasteiger partial charge < -0.3 is 9.47 Å². The first-order valence-electron chi connectivity index (χ1n) is 18.4. The van der Waals surface area contributed by atoms with Crippen LogP contribution in [0, 0.1) is 61.7 Å². The highest BCUT2D eigenvalue weighted by Crippen LogP contribution is 2.60. The van der Waals surface area contributed by atoms with Crippen molar-refractivity contribution in [2.75, 3.05) is 0 Å². The highest BCUT2D eigenvalue weighted by Gasteiger charge is 2.55. The fourth-order valence-electron chi connectivity index (χ4n) is 9.97. The minimum Gasteiger partial charge on any atom is -0.487 e. The first-order valence-corrected chi connectivity index (χ1v) is 18.4. The van der Waals surface area contributed by atoms with Crippen LogP contribution in [0.3, 0.4) is 0 Å². The molecular weight excluding hydrogens is 528 g/mol. The molecule has 1 aliphatic heterocycles. The van der Waals surface area contributed by atoms with Gasteiger partial charge in [0.15, 0.2) is 0 Å². The summed E-state index contributed by atoms with van der Waals surface area (Å²) in [5.74, 6) is 6.69. The second-order valence-electron chi connectivity index (χ2n) is 17.0. The van der Waals surface area contributed by atoms with Crippen LogP contribution in [0.15, 0.2) is 0 Å². The second-order valence-corrected chi connectivity index (χ2v) is 17.0. The summed E-state index contributed by atoms with van der Waals surface area (Å²) in [6.07, 6.45) is 21.2. The third kappa shape index (κ3) is 7.49. The monoisotopic (exact) mass is 592 g/mol. The molecule has 4 saturated carbocycles. The van der Waals surface area contributed by atoms with Crippen molar-refractivity contribution in [1.29, 1.82) is 0 Å². The normalized spacial score (nSPS) is 30.7. The number of carbonyl (C=O) groups is 1. The number of hydrogen-bond acceptors (Lipinski definition) is 3. The minimum atomic E-state index is -0.227. The summed E-state index contributed by atoms with van der Waals surface area (Å²) < 4.78 is 13.3. The molecule has 5 aliphatic rings. The van der Waals surface area contributed by atoms with E-state index in [0.29, 0.717) is 0 Å². The standard InChI is InChI=1S/C40H64O3/c1-26(2)12-9-13-27(3)14-10-15-28(4)16-11-18-39(8)19-17-35-31(7)36(29(5)30(6)37(35)43-39)42-38(41)40-23-32-20-33(24-40)22-34(21-32)25-40/h26-28,32-34H,9-25H2,1-8H3. The molecule has 3 unspecified atom stereocenters. The Bertz CT molecular complexity index is 1100. The zero-order chi connectivity index (χ0) is 30.9. The molecule has 4 fully saturated rings. The van der Waals surface area contributed by atoms with Crippen molar-refractivity contribution in [3.05, 3.63) is 22.3 Å². The predicted molar refractivity (Wildman–Crippen MR) is 179 cm³/mol. The number of ether oxygens (including phenoxy) is 2. The highest BCUT2D eigenvalue weighted by molar-refractivity contribution is 5.81. The lowest BCUT2D eigenvalue weighted by Crippen LogP contribution is -2.51. The number of carbonyl (C=O) groups excluding carboxylic acids is 1. The van der Waals surface area contributed by atoms with Gasteiger partial charge in [-0.1, -0.05) is 72.6 Å². The van der Waals surface area contributed by atoms with E-state index in [1.807, 2.05) is 0 Å². The van der Waals surface area contributed by atoms with E-state index in [0.717, 1.165) is 102 Å². The smallest absolute Gasteiger partial charge is 0.317 e. The zero-order valence-corrected chi connectivity index (χ0v) is 29.2. The molecule has 0 spiro atoms. The van der Waals surface area contributed by atoms with Gasteiger partial charge in [-0.2, -0.15) is 0 Å². The molecule has 0 saturated heterocycles. The predicted octanol–water partition coefficient (Wildman–Crippen LogP) is 11.3. The summed E-state index contributed by atoms with van der Waals surface area (Å²) in [6.45, 7) is 18.4. The van der Waals surface area contributed by atoms with Crippen LogP contribution in [0.2, 0.25) is 0 Å². The first kappa shape index (κ1) is 32.9. The van der Waals surface area contributed by atoms with E-state index >= 15 is 0 Å². The van der Waals surface area contributed by atoms with Crippen LogP contribution < -0.4 is 9.47 Å². The molecule has 3 heteroatoms. The number of rotatable bonds is 14. The van der Waals surface area contributed by atoms with Crippen molar-refractivity contribution < 1.29 is 14.3 Å². The molecule has 0 N–H and O–H groups in total. The van der Waals surface area contributed by atoms with Gasteiger partial charge in [0.2, 0.25) is 0 Å². The third-order valence-electron chi connectivity index (χ3n) is 12.5. The number of esters is 1. The van der Waals surface area contributed by atoms with E-state index < -0.39 is 0 Å². The van der Waals surface area contributed by atoms with E-state index in [9.17, 15) is 4.79 Å². The maximum atomic E-state index is 13.8. The fourth-order valence-corrected chi connectivity index (χ4v) is 9.97. The van der Waals surface area contributed by atoms with Crippen molar-refractivity contribution in [1.82, 2.24) is 0 Å². The van der Waals surface area contributed by atoms with Gasteiger partial charge in [-0.25, -0.2) is 0 Å². The topological polar surface area (TPSA) is 35.5 Å². The average Bonchev–Trinajstić information content (AvgIpc) is 2.93. The van der Waals surface area contributed by atoms with Gasteiger partial charge in [0.05, 0.1) is 5.41 Å². The molecule has 6 rings (SSSR count). The van der Waals surface area contributed by atoms with Gasteiger partial charge in [-0.15, -0.1) is 0 Å². The number of benzene rings is 1. The molecule has 1 heterocycles. The fraction of sp³-hybridized carbons (Fsp3) is 0.825. The van der Waals surface area contributed by atoms with Crippen LogP contribution in [0.25, 0.3) is 0 Å². The lowest BCUT2D eigenvalue weighted by atomic mass is 9.49. The van der Waals surface area contributed by atoms with E-state index in [4.69, 9.17) is 9.47 Å². The maximum absolute atomic E-state index is 13.8. The molecule has 1 aromatic rings. The zero-order valence-electron chi connectivity index (χ0n) is 29.2. The molecule has 0 amide bonds. The summed E-state index contributed by atoms with van der Waals surface area (Å²) in [5.41, 5.74) is 4.31. The Labute approximate surface area is 264 Å². The van der Waals surface area contributed by atoms with Gasteiger partial charge >= 0.3 is 5.97 Å². The molecule has 43 heavy (non-hydrogen) atoms. The first-order chi connectivity index (χ1) is 20.4. The molecule has 4 bridgehead atoms. The van der Waals surface area contributed by atoms with E-state index in [-0.39, 0.29) is 17.0 Å². The van der Waals surface area contributed by atoms with Crippen molar-refractivity contribution in [3.63, 3.8) is 0 Å². The van der Waals surface area contributed by atoms with Crippen LogP contribution >= 0.6 is 0 Å². The summed E-state index contributed by atoms with van der Waals surface area (Å²) >= 11 is 0. The van der Waals surface area contributed by atoms with Crippen LogP contribution in [-0.4, -0.2) is 11.6 Å². The minimum absolute atomic E-state index is 0.0634. The number of hydrogen-bond donors (Lipinski definition) is 0. The van der Waals surface area contributed by atoms with Crippen molar-refractivity contribution in [3.8, 4) is 11.5 Å². The molecule has 3 atom stereocenters.